The van der Waals surface area contributed by atoms with Crippen molar-refractivity contribution in [3.8, 4) is 0 Å². The Morgan fingerprint density at radius 2 is 2.00 bits per heavy atom. The first-order valence-corrected chi connectivity index (χ1v) is 6.98. The van der Waals surface area contributed by atoms with Crippen molar-refractivity contribution < 1.29 is 23.4 Å². The molecule has 0 saturated heterocycles. The van der Waals surface area contributed by atoms with Crippen LogP contribution in [0.15, 0.2) is 18.2 Å². The van der Waals surface area contributed by atoms with Gasteiger partial charge in [-0.05, 0) is 25.5 Å². The van der Waals surface area contributed by atoms with Crippen molar-refractivity contribution in [2.75, 3.05) is 13.2 Å². The molecule has 1 amide bonds. The first-order chi connectivity index (χ1) is 9.97. The van der Waals surface area contributed by atoms with E-state index in [0.29, 0.717) is 6.61 Å². The minimum Gasteiger partial charge on any atom is -0.386 e. The van der Waals surface area contributed by atoms with Gasteiger partial charge in [0.25, 0.3) is 0 Å². The summed E-state index contributed by atoms with van der Waals surface area (Å²) in [6.45, 7) is 3.78. The third-order valence-corrected chi connectivity index (χ3v) is 3.04. The summed E-state index contributed by atoms with van der Waals surface area (Å²) in [7, 11) is 0. The minimum atomic E-state index is -1.45. The summed E-state index contributed by atoms with van der Waals surface area (Å²) in [5.41, 5.74) is -0.447. The van der Waals surface area contributed by atoms with E-state index in [1.165, 1.54) is 6.07 Å². The maximum Gasteiger partial charge on any atom is 0.248 e. The quantitative estimate of drug-likeness (QED) is 0.725. The summed E-state index contributed by atoms with van der Waals surface area (Å²) < 4.78 is 32.2. The Morgan fingerprint density at radius 3 is 2.57 bits per heavy atom. The lowest BCUT2D eigenvalue weighted by molar-refractivity contribution is -0.132. The van der Waals surface area contributed by atoms with Crippen molar-refractivity contribution in [3.63, 3.8) is 0 Å². The number of halogens is 2. The monoisotopic (exact) mass is 301 g/mol. The standard InChI is InChI=1S/C15H21F2NO3/c1-3-4-8-21-10(2)15(20)18-9-13(19)14-11(16)6-5-7-12(14)17/h5-7,10,13,19H,3-4,8-9H2,1-2H3,(H,18,20). The van der Waals surface area contributed by atoms with Crippen LogP contribution in [-0.2, 0) is 9.53 Å². The van der Waals surface area contributed by atoms with E-state index in [0.717, 1.165) is 25.0 Å². The van der Waals surface area contributed by atoms with Crippen LogP contribution in [0.2, 0.25) is 0 Å². The molecule has 4 nitrogen and oxygen atoms in total. The Bertz CT molecular complexity index is 448. The molecule has 2 N–H and O–H groups in total. The Balaban J connectivity index is 2.49. The van der Waals surface area contributed by atoms with Gasteiger partial charge >= 0.3 is 0 Å². The maximum atomic E-state index is 13.5. The number of hydrogen-bond donors (Lipinski definition) is 2. The molecule has 0 spiro atoms. The fraction of sp³-hybridized carbons (Fsp3) is 0.533. The summed E-state index contributed by atoms with van der Waals surface area (Å²) in [6.07, 6.45) is -0.312. The van der Waals surface area contributed by atoms with Gasteiger partial charge in [-0.1, -0.05) is 19.4 Å². The molecule has 0 radical (unpaired) electrons. The summed E-state index contributed by atoms with van der Waals surface area (Å²) in [4.78, 5) is 11.7. The first kappa shape index (κ1) is 17.5. The number of amides is 1. The van der Waals surface area contributed by atoms with Crippen molar-refractivity contribution >= 4 is 5.91 Å². The van der Waals surface area contributed by atoms with E-state index in [9.17, 15) is 18.7 Å². The molecular formula is C15H21F2NO3. The molecule has 0 heterocycles. The van der Waals surface area contributed by atoms with Crippen molar-refractivity contribution in [1.82, 2.24) is 5.32 Å². The maximum absolute atomic E-state index is 13.5. The predicted molar refractivity (Wildman–Crippen MR) is 74.6 cm³/mol. The van der Waals surface area contributed by atoms with E-state index in [2.05, 4.69) is 5.32 Å². The lowest BCUT2D eigenvalue weighted by Crippen LogP contribution is -2.37. The molecule has 118 valence electrons. The number of aliphatic hydroxyl groups is 1. The zero-order valence-corrected chi connectivity index (χ0v) is 12.2. The van der Waals surface area contributed by atoms with Gasteiger partial charge < -0.3 is 15.2 Å². The number of nitrogens with one attached hydrogen (secondary N) is 1. The molecule has 21 heavy (non-hydrogen) atoms. The topological polar surface area (TPSA) is 58.6 Å². The van der Waals surface area contributed by atoms with Gasteiger partial charge in [-0.25, -0.2) is 8.78 Å². The molecule has 0 bridgehead atoms. The zero-order chi connectivity index (χ0) is 15.8. The number of unbranched alkanes of at least 4 members (excludes halogenated alkanes) is 1. The molecule has 0 saturated carbocycles. The SMILES string of the molecule is CCCCOC(C)C(=O)NCC(O)c1c(F)cccc1F. The smallest absolute Gasteiger partial charge is 0.248 e. The van der Waals surface area contributed by atoms with Crippen LogP contribution >= 0.6 is 0 Å². The normalized spacial score (nSPS) is 13.8. The number of carbonyl (C=O) groups is 1. The number of rotatable bonds is 8. The van der Waals surface area contributed by atoms with E-state index in [1.807, 2.05) is 6.92 Å². The Morgan fingerprint density at radius 1 is 1.38 bits per heavy atom. The van der Waals surface area contributed by atoms with E-state index in [-0.39, 0.29) is 6.54 Å². The average Bonchev–Trinajstić information content (AvgIpc) is 2.44. The third-order valence-electron chi connectivity index (χ3n) is 3.04. The van der Waals surface area contributed by atoms with Gasteiger partial charge in [-0.15, -0.1) is 0 Å². The molecule has 2 unspecified atom stereocenters. The fourth-order valence-corrected chi connectivity index (χ4v) is 1.75. The van der Waals surface area contributed by atoms with Crippen molar-refractivity contribution in [2.24, 2.45) is 0 Å². The molecular weight excluding hydrogens is 280 g/mol. The minimum absolute atomic E-state index is 0.280. The van der Waals surface area contributed by atoms with Crippen LogP contribution in [0.1, 0.15) is 38.4 Å². The first-order valence-electron chi connectivity index (χ1n) is 6.98. The highest BCUT2D eigenvalue weighted by Gasteiger charge is 2.20. The lowest BCUT2D eigenvalue weighted by Gasteiger charge is -2.16. The van der Waals surface area contributed by atoms with Gasteiger partial charge in [0.05, 0.1) is 5.56 Å². The van der Waals surface area contributed by atoms with Gasteiger partial charge in [-0.3, -0.25) is 4.79 Å². The number of aliphatic hydroxyl groups excluding tert-OH is 1. The number of ether oxygens (including phenoxy) is 1. The Hall–Kier alpha value is -1.53. The van der Waals surface area contributed by atoms with Crippen molar-refractivity contribution in [1.29, 1.82) is 0 Å². The highest BCUT2D eigenvalue weighted by Crippen LogP contribution is 2.19. The number of carbonyl (C=O) groups excluding carboxylic acids is 1. The van der Waals surface area contributed by atoms with E-state index < -0.39 is 35.3 Å². The van der Waals surface area contributed by atoms with Gasteiger partial charge in [-0.2, -0.15) is 0 Å². The average molecular weight is 301 g/mol. The molecule has 0 aliphatic carbocycles. The van der Waals surface area contributed by atoms with Crippen LogP contribution in [0.25, 0.3) is 0 Å². The molecule has 6 heteroatoms. The third kappa shape index (κ3) is 5.40. The highest BCUT2D eigenvalue weighted by atomic mass is 19.1. The lowest BCUT2D eigenvalue weighted by atomic mass is 10.1. The molecule has 1 aromatic rings. The van der Waals surface area contributed by atoms with Gasteiger partial charge in [0, 0.05) is 13.2 Å². The van der Waals surface area contributed by atoms with Crippen LogP contribution in [-0.4, -0.2) is 30.3 Å². The van der Waals surface area contributed by atoms with Crippen molar-refractivity contribution in [2.45, 2.75) is 38.9 Å². The molecule has 1 aromatic carbocycles. The second kappa shape index (κ2) is 8.69. The van der Waals surface area contributed by atoms with E-state index in [1.54, 1.807) is 6.92 Å². The second-order valence-electron chi connectivity index (χ2n) is 4.76. The molecule has 0 fully saturated rings. The summed E-state index contributed by atoms with van der Waals surface area (Å²) in [6, 6.07) is 3.32. The Labute approximate surface area is 123 Å². The van der Waals surface area contributed by atoms with Crippen LogP contribution < -0.4 is 5.32 Å². The zero-order valence-electron chi connectivity index (χ0n) is 12.2. The fourth-order valence-electron chi connectivity index (χ4n) is 1.75. The van der Waals surface area contributed by atoms with E-state index >= 15 is 0 Å². The van der Waals surface area contributed by atoms with Crippen molar-refractivity contribution in [3.05, 3.63) is 35.4 Å². The summed E-state index contributed by atoms with van der Waals surface area (Å²) in [5.74, 6) is -2.12. The van der Waals surface area contributed by atoms with Crippen LogP contribution in [0.5, 0.6) is 0 Å². The van der Waals surface area contributed by atoms with Crippen LogP contribution in [0.4, 0.5) is 8.78 Å². The largest absolute Gasteiger partial charge is 0.386 e. The Kier molecular flexibility index (Phi) is 7.25. The van der Waals surface area contributed by atoms with Gasteiger partial charge in [0.15, 0.2) is 0 Å². The number of hydrogen-bond acceptors (Lipinski definition) is 3. The predicted octanol–water partition coefficient (Wildman–Crippen LogP) is 2.32. The van der Waals surface area contributed by atoms with E-state index in [4.69, 9.17) is 4.74 Å². The molecule has 0 aliphatic heterocycles. The molecule has 0 aromatic heterocycles. The number of benzene rings is 1. The highest BCUT2D eigenvalue weighted by molar-refractivity contribution is 5.80. The molecule has 0 aliphatic rings. The second-order valence-corrected chi connectivity index (χ2v) is 4.76. The van der Waals surface area contributed by atoms with Gasteiger partial charge in [0.2, 0.25) is 5.91 Å². The van der Waals surface area contributed by atoms with Gasteiger partial charge in [0.1, 0.15) is 23.8 Å². The summed E-state index contributed by atoms with van der Waals surface area (Å²) in [5, 5.41) is 12.2. The van der Waals surface area contributed by atoms with Crippen LogP contribution in [0, 0.1) is 11.6 Å². The summed E-state index contributed by atoms with van der Waals surface area (Å²) >= 11 is 0. The molecule has 2 atom stereocenters. The van der Waals surface area contributed by atoms with Crippen LogP contribution in [0.3, 0.4) is 0 Å². The molecule has 1 rings (SSSR count).